The summed E-state index contributed by atoms with van der Waals surface area (Å²) in [6.07, 6.45) is 0. The Morgan fingerprint density at radius 2 is 0.531 bits per heavy atom. The van der Waals surface area contributed by atoms with Crippen LogP contribution in [-0.4, -0.2) is 0 Å². The van der Waals surface area contributed by atoms with Crippen LogP contribution in [0.1, 0.15) is 0 Å². The first-order valence-electron chi connectivity index (χ1n) is 21.6. The number of hydrogen-bond donors (Lipinski definition) is 0. The maximum absolute atomic E-state index is 2.40. The second-order valence-corrected chi connectivity index (χ2v) is 18.3. The zero-order valence-electron chi connectivity index (χ0n) is 34.8. The number of benzene rings is 10. The molecule has 0 spiro atoms. The summed E-state index contributed by atoms with van der Waals surface area (Å²) in [6.45, 7) is 0. The van der Waals surface area contributed by atoms with Gasteiger partial charge in [-0.15, -0.1) is 22.7 Å². The lowest BCUT2D eigenvalue weighted by atomic mass is 10.0. The number of rotatable bonds is 9. The molecule has 302 valence electrons. The van der Waals surface area contributed by atoms with E-state index in [2.05, 4.69) is 252 Å². The van der Waals surface area contributed by atoms with Gasteiger partial charge in [-0.2, -0.15) is 0 Å². The van der Waals surface area contributed by atoms with Crippen LogP contribution in [0.15, 0.2) is 243 Å². The standard InChI is InChI=1S/C60H40N2S2/c1-3-13-41(14-4-1)43-25-29-47(30-26-43)61(51-33-35-55-53-21-7-9-23-57(53)63-59(55)39-51)49-19-11-17-45(37-49)46-18-12-20-50(38-46)62(48-31-27-44(28-32-48)42-15-5-2-6-16-42)52-34-36-56-54-22-8-10-24-58(54)64-60(56)40-52/h1-40H. The lowest BCUT2D eigenvalue weighted by Gasteiger charge is -2.27. The zero-order valence-corrected chi connectivity index (χ0v) is 36.4. The maximum atomic E-state index is 2.40. The number of nitrogens with zero attached hydrogens (tertiary/aromatic N) is 2. The normalized spacial score (nSPS) is 11.4. The van der Waals surface area contributed by atoms with Crippen molar-refractivity contribution in [1.29, 1.82) is 0 Å². The van der Waals surface area contributed by atoms with Crippen LogP contribution in [0.25, 0.3) is 73.7 Å². The Morgan fingerprint density at radius 1 is 0.203 bits per heavy atom. The Kier molecular flexibility index (Phi) is 9.59. The van der Waals surface area contributed by atoms with E-state index >= 15 is 0 Å². The first-order valence-corrected chi connectivity index (χ1v) is 23.3. The quantitative estimate of drug-likeness (QED) is 0.143. The van der Waals surface area contributed by atoms with Crippen LogP contribution in [0, 0.1) is 0 Å². The fraction of sp³-hybridized carbons (Fsp3) is 0. The van der Waals surface area contributed by atoms with Crippen molar-refractivity contribution in [2.75, 3.05) is 9.80 Å². The van der Waals surface area contributed by atoms with E-state index in [0.29, 0.717) is 0 Å². The van der Waals surface area contributed by atoms with Crippen LogP contribution in [0.5, 0.6) is 0 Å². The number of anilines is 6. The topological polar surface area (TPSA) is 6.48 Å². The average Bonchev–Trinajstić information content (AvgIpc) is 3.93. The highest BCUT2D eigenvalue weighted by Crippen LogP contribution is 2.44. The summed E-state index contributed by atoms with van der Waals surface area (Å²) < 4.78 is 5.17. The Bertz CT molecular complexity index is 3370. The second-order valence-electron chi connectivity index (χ2n) is 16.2. The summed E-state index contributed by atoms with van der Waals surface area (Å²) in [4.78, 5) is 4.79. The van der Waals surface area contributed by atoms with Crippen molar-refractivity contribution in [2.24, 2.45) is 0 Å². The first-order chi connectivity index (χ1) is 31.7. The molecule has 0 radical (unpaired) electrons. The van der Waals surface area contributed by atoms with E-state index < -0.39 is 0 Å². The van der Waals surface area contributed by atoms with E-state index in [9.17, 15) is 0 Å². The highest BCUT2D eigenvalue weighted by atomic mass is 32.1. The van der Waals surface area contributed by atoms with Gasteiger partial charge in [0.15, 0.2) is 0 Å². The highest BCUT2D eigenvalue weighted by molar-refractivity contribution is 7.26. The van der Waals surface area contributed by atoms with Crippen molar-refractivity contribution in [2.45, 2.75) is 0 Å². The Balaban J connectivity index is 0.964. The fourth-order valence-corrected chi connectivity index (χ4v) is 11.4. The molecule has 64 heavy (non-hydrogen) atoms. The van der Waals surface area contributed by atoms with Gasteiger partial charge < -0.3 is 9.80 Å². The van der Waals surface area contributed by atoms with E-state index in [1.54, 1.807) is 0 Å². The predicted octanol–water partition coefficient (Wildman–Crippen LogP) is 18.4. The predicted molar refractivity (Wildman–Crippen MR) is 278 cm³/mol. The molecule has 0 fully saturated rings. The molecule has 0 amide bonds. The molecule has 0 aliphatic rings. The molecule has 2 nitrogen and oxygen atoms in total. The molecule has 0 atom stereocenters. The second kappa shape index (κ2) is 16.2. The van der Waals surface area contributed by atoms with Crippen LogP contribution >= 0.6 is 22.7 Å². The number of hydrogen-bond acceptors (Lipinski definition) is 4. The summed E-state index contributed by atoms with van der Waals surface area (Å²) in [5, 5.41) is 5.19. The van der Waals surface area contributed by atoms with Gasteiger partial charge in [0.2, 0.25) is 0 Å². The summed E-state index contributed by atoms with van der Waals surface area (Å²) in [5.74, 6) is 0. The largest absolute Gasteiger partial charge is 0.310 e. The number of thiophene rings is 2. The first kappa shape index (κ1) is 38.0. The molecule has 2 heterocycles. The van der Waals surface area contributed by atoms with Crippen molar-refractivity contribution < 1.29 is 0 Å². The van der Waals surface area contributed by atoms with Gasteiger partial charge in [0.25, 0.3) is 0 Å². The van der Waals surface area contributed by atoms with Crippen LogP contribution < -0.4 is 9.80 Å². The third kappa shape index (κ3) is 7.00. The van der Waals surface area contributed by atoms with E-state index in [-0.39, 0.29) is 0 Å². The molecule has 0 aliphatic heterocycles. The van der Waals surface area contributed by atoms with E-state index in [1.807, 2.05) is 22.7 Å². The third-order valence-electron chi connectivity index (χ3n) is 12.2. The van der Waals surface area contributed by atoms with Crippen LogP contribution in [0.3, 0.4) is 0 Å². The molecular weight excluding hydrogens is 813 g/mol. The van der Waals surface area contributed by atoms with Gasteiger partial charge in [0, 0.05) is 74.5 Å². The maximum Gasteiger partial charge on any atom is 0.0476 e. The Hall–Kier alpha value is -7.76. The van der Waals surface area contributed by atoms with E-state index in [1.165, 1.54) is 62.6 Å². The van der Waals surface area contributed by atoms with E-state index in [0.717, 1.165) is 45.3 Å². The average molecular weight is 853 g/mol. The van der Waals surface area contributed by atoms with Gasteiger partial charge in [0.05, 0.1) is 0 Å². The van der Waals surface area contributed by atoms with Crippen LogP contribution in [0.2, 0.25) is 0 Å². The monoisotopic (exact) mass is 852 g/mol. The molecule has 0 saturated heterocycles. The summed E-state index contributed by atoms with van der Waals surface area (Å²) >= 11 is 3.71. The smallest absolute Gasteiger partial charge is 0.0476 e. The SMILES string of the molecule is c1ccc(-c2ccc(N(c3cccc(-c4cccc(N(c5ccc(-c6ccccc6)cc5)c5ccc6c(c5)sc5ccccc56)c4)c3)c3ccc4c(c3)sc3ccccc34)cc2)cc1. The Morgan fingerprint density at radius 3 is 0.969 bits per heavy atom. The molecular formula is C60H40N2S2. The molecule has 0 unspecified atom stereocenters. The van der Waals surface area contributed by atoms with Gasteiger partial charge >= 0.3 is 0 Å². The van der Waals surface area contributed by atoms with Crippen molar-refractivity contribution in [1.82, 2.24) is 0 Å². The summed E-state index contributed by atoms with van der Waals surface area (Å²) in [5.41, 5.74) is 13.7. The molecule has 0 bridgehead atoms. The highest BCUT2D eigenvalue weighted by Gasteiger charge is 2.19. The Labute approximate surface area is 380 Å². The van der Waals surface area contributed by atoms with Crippen molar-refractivity contribution in [3.05, 3.63) is 243 Å². The molecule has 0 saturated carbocycles. The molecule has 0 N–H and O–H groups in total. The molecule has 12 rings (SSSR count). The molecule has 4 heteroatoms. The minimum Gasteiger partial charge on any atom is -0.310 e. The minimum atomic E-state index is 1.10. The lowest BCUT2D eigenvalue weighted by molar-refractivity contribution is 1.28. The van der Waals surface area contributed by atoms with Crippen molar-refractivity contribution in [3.8, 4) is 33.4 Å². The van der Waals surface area contributed by atoms with Gasteiger partial charge in [-0.3, -0.25) is 0 Å². The van der Waals surface area contributed by atoms with Gasteiger partial charge in [-0.05, 0) is 118 Å². The number of fused-ring (bicyclic) bond motifs is 6. The minimum absolute atomic E-state index is 1.10. The fourth-order valence-electron chi connectivity index (χ4n) is 9.12. The van der Waals surface area contributed by atoms with Crippen LogP contribution in [-0.2, 0) is 0 Å². The van der Waals surface area contributed by atoms with Gasteiger partial charge in [-0.25, -0.2) is 0 Å². The van der Waals surface area contributed by atoms with Crippen molar-refractivity contribution >= 4 is 97.1 Å². The van der Waals surface area contributed by atoms with Crippen LogP contribution in [0.4, 0.5) is 34.1 Å². The van der Waals surface area contributed by atoms with E-state index in [4.69, 9.17) is 0 Å². The summed E-state index contributed by atoms with van der Waals surface area (Å²) in [6, 6.07) is 88.4. The van der Waals surface area contributed by atoms with Gasteiger partial charge in [-0.1, -0.05) is 158 Å². The molecule has 2 aromatic heterocycles. The molecule has 10 aromatic carbocycles. The third-order valence-corrected chi connectivity index (χ3v) is 14.5. The molecule has 12 aromatic rings. The zero-order chi connectivity index (χ0) is 42.4. The summed E-state index contributed by atoms with van der Waals surface area (Å²) in [7, 11) is 0. The van der Waals surface area contributed by atoms with Gasteiger partial charge in [0.1, 0.15) is 0 Å². The lowest BCUT2D eigenvalue weighted by Crippen LogP contribution is -2.10. The molecule has 0 aliphatic carbocycles. The van der Waals surface area contributed by atoms with Crippen molar-refractivity contribution in [3.63, 3.8) is 0 Å².